The normalized spacial score (nSPS) is 24.5. The van der Waals surface area contributed by atoms with Crippen LogP contribution in [-0.2, 0) is 14.3 Å². The monoisotopic (exact) mass is 319 g/mol. The first-order valence-corrected chi connectivity index (χ1v) is 8.37. The minimum atomic E-state index is -0.257. The van der Waals surface area contributed by atoms with Crippen LogP contribution in [0.4, 0.5) is 0 Å². The molecule has 5 rings (SSSR count). The lowest BCUT2D eigenvalue weighted by atomic mass is 9.95. The molecule has 1 aliphatic carbocycles. The van der Waals surface area contributed by atoms with Crippen molar-refractivity contribution in [2.24, 2.45) is 11.8 Å². The van der Waals surface area contributed by atoms with Gasteiger partial charge in [0.25, 0.3) is 0 Å². The highest BCUT2D eigenvalue weighted by Crippen LogP contribution is 2.46. The van der Waals surface area contributed by atoms with E-state index in [4.69, 9.17) is 4.74 Å². The Bertz CT molecular complexity index is 814. The molecule has 0 radical (unpaired) electrons. The molecule has 1 amide bonds. The van der Waals surface area contributed by atoms with E-state index >= 15 is 0 Å². The van der Waals surface area contributed by atoms with Crippen LogP contribution in [0.3, 0.4) is 0 Å². The zero-order valence-corrected chi connectivity index (χ0v) is 13.1. The molecule has 2 atom stereocenters. The molecule has 4 heteroatoms. The van der Waals surface area contributed by atoms with Gasteiger partial charge >= 0.3 is 5.97 Å². The Balaban J connectivity index is 1.53. The third kappa shape index (κ3) is 1.80. The summed E-state index contributed by atoms with van der Waals surface area (Å²) in [6, 6.07) is 16.3. The maximum Gasteiger partial charge on any atom is 0.311 e. The predicted molar refractivity (Wildman–Crippen MR) is 88.2 cm³/mol. The Morgan fingerprint density at radius 2 is 1.58 bits per heavy atom. The van der Waals surface area contributed by atoms with Gasteiger partial charge in [-0.15, -0.1) is 0 Å². The Morgan fingerprint density at radius 3 is 2.21 bits per heavy atom. The third-order valence-corrected chi connectivity index (χ3v) is 5.58. The number of likely N-dealkylation sites (tertiary alicyclic amines) is 1. The summed E-state index contributed by atoms with van der Waals surface area (Å²) in [4.78, 5) is 26.9. The van der Waals surface area contributed by atoms with Crippen molar-refractivity contribution in [1.29, 1.82) is 0 Å². The summed E-state index contributed by atoms with van der Waals surface area (Å²) in [6.45, 7) is 1.56. The minimum absolute atomic E-state index is 0.106. The van der Waals surface area contributed by atoms with E-state index in [2.05, 4.69) is 12.1 Å². The van der Waals surface area contributed by atoms with Gasteiger partial charge < -0.3 is 9.64 Å². The van der Waals surface area contributed by atoms with E-state index in [1.54, 1.807) is 0 Å². The highest BCUT2D eigenvalue weighted by molar-refractivity contribution is 5.96. The average molecular weight is 319 g/mol. The van der Waals surface area contributed by atoms with E-state index < -0.39 is 0 Å². The number of fused-ring (bicyclic) bond motifs is 4. The van der Waals surface area contributed by atoms with E-state index in [1.807, 2.05) is 41.3 Å². The third-order valence-electron chi connectivity index (χ3n) is 5.58. The van der Waals surface area contributed by atoms with Crippen LogP contribution in [0.25, 0.3) is 11.1 Å². The number of carbonyl (C=O) groups excluding carboxylic acids is 2. The van der Waals surface area contributed by atoms with Gasteiger partial charge in [-0.05, 0) is 22.3 Å². The molecule has 2 saturated heterocycles. The first-order chi connectivity index (χ1) is 11.7. The van der Waals surface area contributed by atoms with Gasteiger partial charge in [0.15, 0.2) is 0 Å². The summed E-state index contributed by atoms with van der Waals surface area (Å²) in [7, 11) is 0. The fourth-order valence-electron chi connectivity index (χ4n) is 4.39. The molecule has 2 aliphatic heterocycles. The van der Waals surface area contributed by atoms with Crippen molar-refractivity contribution in [3.63, 3.8) is 0 Å². The van der Waals surface area contributed by atoms with Crippen LogP contribution in [0.15, 0.2) is 48.5 Å². The van der Waals surface area contributed by atoms with Crippen molar-refractivity contribution in [3.8, 4) is 11.1 Å². The van der Waals surface area contributed by atoms with Crippen molar-refractivity contribution in [1.82, 2.24) is 4.90 Å². The molecule has 0 saturated carbocycles. The van der Waals surface area contributed by atoms with Gasteiger partial charge in [0, 0.05) is 19.0 Å². The summed E-state index contributed by atoms with van der Waals surface area (Å²) < 4.78 is 5.11. The number of cyclic esters (lactones) is 1. The lowest BCUT2D eigenvalue weighted by Gasteiger charge is -2.22. The molecule has 2 heterocycles. The van der Waals surface area contributed by atoms with E-state index in [9.17, 15) is 9.59 Å². The second kappa shape index (κ2) is 4.94. The fourth-order valence-corrected chi connectivity index (χ4v) is 4.39. The molecule has 0 aromatic heterocycles. The first-order valence-electron chi connectivity index (χ1n) is 8.37. The first kappa shape index (κ1) is 13.8. The van der Waals surface area contributed by atoms with Crippen LogP contribution < -0.4 is 0 Å². The summed E-state index contributed by atoms with van der Waals surface area (Å²) in [6.07, 6.45) is 0. The largest absolute Gasteiger partial charge is 0.465 e. The fraction of sp³-hybridized carbons (Fsp3) is 0.300. The molecule has 4 nitrogen and oxygen atoms in total. The zero-order valence-electron chi connectivity index (χ0n) is 13.1. The minimum Gasteiger partial charge on any atom is -0.465 e. The number of esters is 1. The van der Waals surface area contributed by atoms with Gasteiger partial charge in [-0.3, -0.25) is 9.59 Å². The summed E-state index contributed by atoms with van der Waals surface area (Å²) in [5.41, 5.74) is 4.43. The van der Waals surface area contributed by atoms with E-state index in [0.29, 0.717) is 19.7 Å². The van der Waals surface area contributed by atoms with Crippen molar-refractivity contribution in [2.75, 3.05) is 19.7 Å². The Hall–Kier alpha value is -2.62. The quantitative estimate of drug-likeness (QED) is 0.759. The van der Waals surface area contributed by atoms with Crippen LogP contribution >= 0.6 is 0 Å². The van der Waals surface area contributed by atoms with Crippen LogP contribution in [-0.4, -0.2) is 36.5 Å². The Labute approximate surface area is 140 Å². The topological polar surface area (TPSA) is 46.6 Å². The summed E-state index contributed by atoms with van der Waals surface area (Å²) in [5, 5.41) is 0. The SMILES string of the molecule is O=C1OC[C@H]2CN(C(=O)C3c4ccccc4-c4ccccc43)C[C@@H]12. The number of carbonyl (C=O) groups is 2. The van der Waals surface area contributed by atoms with Crippen molar-refractivity contribution in [2.45, 2.75) is 5.92 Å². The molecule has 0 spiro atoms. The highest BCUT2D eigenvalue weighted by atomic mass is 16.5. The van der Waals surface area contributed by atoms with Gasteiger partial charge in [-0.25, -0.2) is 0 Å². The maximum atomic E-state index is 13.3. The molecule has 0 bridgehead atoms. The average Bonchev–Trinajstić information content (AvgIpc) is 3.27. The predicted octanol–water partition coefficient (Wildman–Crippen LogP) is 2.43. The number of ether oxygens (including phenoxy) is 1. The van der Waals surface area contributed by atoms with E-state index in [0.717, 1.165) is 22.3 Å². The molecule has 24 heavy (non-hydrogen) atoms. The van der Waals surface area contributed by atoms with Gasteiger partial charge in [-0.1, -0.05) is 48.5 Å². The van der Waals surface area contributed by atoms with Crippen molar-refractivity contribution in [3.05, 3.63) is 59.7 Å². The molecule has 0 unspecified atom stereocenters. The number of nitrogens with zero attached hydrogens (tertiary/aromatic N) is 1. The van der Waals surface area contributed by atoms with Crippen LogP contribution in [0.1, 0.15) is 17.0 Å². The second-order valence-electron chi connectivity index (χ2n) is 6.85. The van der Waals surface area contributed by atoms with Gasteiger partial charge in [0.05, 0.1) is 18.4 Å². The second-order valence-corrected chi connectivity index (χ2v) is 6.85. The maximum absolute atomic E-state index is 13.3. The molecule has 0 N–H and O–H groups in total. The van der Waals surface area contributed by atoms with Crippen LogP contribution in [0.5, 0.6) is 0 Å². The molecular weight excluding hydrogens is 302 g/mol. The lowest BCUT2D eigenvalue weighted by Crippen LogP contribution is -2.34. The van der Waals surface area contributed by atoms with Crippen LogP contribution in [0, 0.1) is 11.8 Å². The van der Waals surface area contributed by atoms with E-state index in [-0.39, 0.29) is 29.6 Å². The highest BCUT2D eigenvalue weighted by Gasteiger charge is 2.47. The van der Waals surface area contributed by atoms with Crippen molar-refractivity contribution < 1.29 is 14.3 Å². The smallest absolute Gasteiger partial charge is 0.311 e. The standard InChI is InChI=1S/C20H17NO3/c22-19(21-9-12-11-24-20(23)17(12)10-21)18-15-7-3-1-5-13(15)14-6-2-4-8-16(14)18/h1-8,12,17-18H,9-11H2/t12-,17-/m1/s1. The molecule has 3 aliphatic rings. The van der Waals surface area contributed by atoms with Crippen molar-refractivity contribution >= 4 is 11.9 Å². The Kier molecular flexibility index (Phi) is 2.84. The number of hydrogen-bond acceptors (Lipinski definition) is 3. The summed E-state index contributed by atoms with van der Waals surface area (Å²) in [5.74, 6) is -0.279. The number of hydrogen-bond donors (Lipinski definition) is 0. The number of rotatable bonds is 1. The van der Waals surface area contributed by atoms with E-state index in [1.165, 1.54) is 0 Å². The molecule has 2 aromatic carbocycles. The Morgan fingerprint density at radius 1 is 0.958 bits per heavy atom. The zero-order chi connectivity index (χ0) is 16.3. The lowest BCUT2D eigenvalue weighted by molar-refractivity contribution is -0.142. The molecular formula is C20H17NO3. The van der Waals surface area contributed by atoms with Gasteiger partial charge in [-0.2, -0.15) is 0 Å². The van der Waals surface area contributed by atoms with Gasteiger partial charge in [0.1, 0.15) is 0 Å². The molecule has 2 fully saturated rings. The van der Waals surface area contributed by atoms with Crippen LogP contribution in [0.2, 0.25) is 0 Å². The molecule has 120 valence electrons. The number of amides is 1. The number of benzene rings is 2. The van der Waals surface area contributed by atoms with Gasteiger partial charge in [0.2, 0.25) is 5.91 Å². The molecule has 2 aromatic rings. The summed E-state index contributed by atoms with van der Waals surface area (Å²) >= 11 is 0.